The maximum Gasteiger partial charge on any atom is 0.329 e. The van der Waals surface area contributed by atoms with E-state index in [-0.39, 0.29) is 49.7 Å². The lowest BCUT2D eigenvalue weighted by molar-refractivity contribution is -0.762. The second kappa shape index (κ2) is 22.4. The number of esters is 1. The number of hydroxylamine groups is 1. The summed E-state index contributed by atoms with van der Waals surface area (Å²) in [7, 11) is 8.07. The van der Waals surface area contributed by atoms with Gasteiger partial charge in [-0.15, -0.1) is 6.58 Å². The Hall–Kier alpha value is -2.98. The minimum atomic E-state index is -2.50. The van der Waals surface area contributed by atoms with Gasteiger partial charge in [-0.05, 0) is 100 Å². The Bertz CT molecular complexity index is 1580. The number of carbonyl (C=O) groups excluding carboxylic acids is 3. The van der Waals surface area contributed by atoms with Crippen LogP contribution in [0.15, 0.2) is 36.0 Å². The van der Waals surface area contributed by atoms with Gasteiger partial charge in [0.25, 0.3) is 11.7 Å². The fourth-order valence-corrected chi connectivity index (χ4v) is 9.92. The van der Waals surface area contributed by atoms with Crippen LogP contribution in [0.5, 0.6) is 0 Å². The number of methoxy groups -OCH3 is 3. The van der Waals surface area contributed by atoms with E-state index in [1.165, 1.54) is 4.90 Å². The summed E-state index contributed by atoms with van der Waals surface area (Å²) in [6.07, 6.45) is 6.61. The minimum absolute atomic E-state index is 0.0172. The van der Waals surface area contributed by atoms with E-state index in [1.54, 1.807) is 47.1 Å². The zero-order valence-electron chi connectivity index (χ0n) is 37.8. The van der Waals surface area contributed by atoms with Gasteiger partial charge in [0, 0.05) is 39.7 Å². The lowest BCUT2D eigenvalue weighted by Gasteiger charge is -2.47. The highest BCUT2D eigenvalue weighted by Crippen LogP contribution is 2.39. The topological polar surface area (TPSA) is 174 Å². The second-order valence-electron chi connectivity index (χ2n) is 18.0. The molecule has 4 aliphatic rings. The van der Waals surface area contributed by atoms with Crippen LogP contribution < -0.4 is 0 Å². The number of aliphatic hydroxyl groups is 3. The lowest BCUT2D eigenvalue weighted by atomic mass is 9.81. The molecule has 14 unspecified atom stereocenters. The summed E-state index contributed by atoms with van der Waals surface area (Å²) in [4.78, 5) is 50.1. The third kappa shape index (κ3) is 11.7. The molecular formula is C46H75N2O12+. The van der Waals surface area contributed by atoms with Gasteiger partial charge < -0.3 is 43.9 Å². The van der Waals surface area contributed by atoms with Gasteiger partial charge in [0.15, 0.2) is 7.05 Å². The highest BCUT2D eigenvalue weighted by molar-refractivity contribution is 6.39. The molecule has 2 saturated heterocycles. The van der Waals surface area contributed by atoms with Gasteiger partial charge in [-0.25, -0.2) is 4.79 Å². The molecule has 4 rings (SSSR count). The molecular weight excluding hydrogens is 773 g/mol. The number of aliphatic hydroxyl groups excluding tert-OH is 2. The Labute approximate surface area is 357 Å². The van der Waals surface area contributed by atoms with Crippen LogP contribution in [0.4, 0.5) is 0 Å². The van der Waals surface area contributed by atoms with Crippen molar-refractivity contribution < 1.29 is 63.0 Å². The number of ketones is 1. The van der Waals surface area contributed by atoms with Crippen LogP contribution in [0.1, 0.15) is 105 Å². The number of ether oxygens (including phenoxy) is 5. The standard InChI is InChI=1S/C46H75N2O12/c1-12-15-33-21-27(2)20-28(3)22-39(56-9)42-40(57-10)24-30(5)46(54,60-42)43(51)44(52)48-19-14-13-16-34(48)45(53)59-41(31(6)37(50)26-35(33)47(7)58-11)29(4)23-32-17-18-36(49)38(25-32)55-8/h12,21,23,28,30-34,36-42,49-50,54H,1,13-20,22,24-26H2,2-11H3/q+1. The number of hydrogen-bond acceptors (Lipinski definition) is 12. The molecule has 1 aliphatic carbocycles. The molecule has 0 radical (unpaired) electrons. The predicted octanol–water partition coefficient (Wildman–Crippen LogP) is 4.71. The summed E-state index contributed by atoms with van der Waals surface area (Å²) >= 11 is 0. The average Bonchev–Trinajstić information content (AvgIpc) is 3.23. The van der Waals surface area contributed by atoms with Crippen molar-refractivity contribution in [1.82, 2.24) is 4.90 Å². The summed E-state index contributed by atoms with van der Waals surface area (Å²) < 4.78 is 31.8. The third-order valence-corrected chi connectivity index (χ3v) is 13.6. The number of cyclic esters (lactones) is 1. The van der Waals surface area contributed by atoms with E-state index in [2.05, 4.69) is 26.5 Å². The van der Waals surface area contributed by atoms with Crippen LogP contribution in [-0.4, -0.2) is 145 Å². The molecule has 3 heterocycles. The zero-order valence-corrected chi connectivity index (χ0v) is 37.8. The lowest BCUT2D eigenvalue weighted by Crippen LogP contribution is -2.64. The fourth-order valence-electron chi connectivity index (χ4n) is 9.92. The summed E-state index contributed by atoms with van der Waals surface area (Å²) in [5.41, 5.74) is 2.62. The number of hydrogen-bond donors (Lipinski definition) is 3. The van der Waals surface area contributed by atoms with E-state index in [4.69, 9.17) is 28.5 Å². The van der Waals surface area contributed by atoms with Crippen molar-refractivity contribution in [2.24, 2.45) is 29.6 Å². The number of carbonyl (C=O) groups is 3. The van der Waals surface area contributed by atoms with E-state index in [0.29, 0.717) is 56.9 Å². The van der Waals surface area contributed by atoms with Crippen molar-refractivity contribution >= 4 is 23.4 Å². The van der Waals surface area contributed by atoms with Gasteiger partial charge in [0.1, 0.15) is 25.4 Å². The maximum absolute atomic E-state index is 14.5. The molecule has 3 aliphatic heterocycles. The van der Waals surface area contributed by atoms with Gasteiger partial charge >= 0.3 is 5.97 Å². The summed E-state index contributed by atoms with van der Waals surface area (Å²) in [5, 5.41) is 34.8. The van der Waals surface area contributed by atoms with Crippen molar-refractivity contribution in [3.8, 4) is 0 Å². The van der Waals surface area contributed by atoms with Gasteiger partial charge in [-0.2, -0.15) is 0 Å². The van der Waals surface area contributed by atoms with Gasteiger partial charge in [0.05, 0.1) is 42.9 Å². The largest absolute Gasteiger partial charge is 0.456 e. The molecule has 14 atom stereocenters. The first kappa shape index (κ1) is 49.7. The van der Waals surface area contributed by atoms with Gasteiger partial charge in [-0.1, -0.05) is 44.6 Å². The molecule has 0 spiro atoms. The third-order valence-electron chi connectivity index (χ3n) is 13.6. The molecule has 0 aromatic heterocycles. The van der Waals surface area contributed by atoms with E-state index >= 15 is 0 Å². The Morgan fingerprint density at radius 3 is 2.25 bits per heavy atom. The quantitative estimate of drug-likeness (QED) is 0.101. The van der Waals surface area contributed by atoms with Crippen LogP contribution in [-0.2, 0) is 42.9 Å². The molecule has 14 heteroatoms. The smallest absolute Gasteiger partial charge is 0.329 e. The van der Waals surface area contributed by atoms with Gasteiger partial charge in [-0.3, -0.25) is 14.4 Å². The minimum Gasteiger partial charge on any atom is -0.456 e. The number of piperidine rings is 1. The second-order valence-corrected chi connectivity index (χ2v) is 18.0. The number of fused-ring (bicyclic) bond motifs is 3. The Morgan fingerprint density at radius 2 is 1.62 bits per heavy atom. The molecule has 0 aromatic carbocycles. The SMILES string of the molecule is C=CCC1C=C(C)CC(C)CC(OC)C2OC(O)(C(=O)C(=O)N3CCCCC3C(=O)OC(C(C)=CC3CCC(O)C(OC)C3)C(C)C(O)CC1=[N+](C)OC)C(C)CC2OC. The molecule has 3 N–H and O–H groups in total. The van der Waals surface area contributed by atoms with Crippen molar-refractivity contribution in [2.75, 3.05) is 42.0 Å². The summed E-state index contributed by atoms with van der Waals surface area (Å²) in [6.45, 7) is 13.7. The summed E-state index contributed by atoms with van der Waals surface area (Å²) in [6, 6.07) is -1.11. The molecule has 340 valence electrons. The van der Waals surface area contributed by atoms with E-state index < -0.39 is 77.9 Å². The van der Waals surface area contributed by atoms with E-state index in [0.717, 1.165) is 11.3 Å². The van der Waals surface area contributed by atoms with Crippen molar-refractivity contribution in [3.05, 3.63) is 36.0 Å². The highest BCUT2D eigenvalue weighted by Gasteiger charge is 2.56. The monoisotopic (exact) mass is 848 g/mol. The first-order valence-electron chi connectivity index (χ1n) is 21.9. The number of allylic oxidation sites excluding steroid dienone is 4. The van der Waals surface area contributed by atoms with E-state index in [1.807, 2.05) is 26.0 Å². The molecule has 60 heavy (non-hydrogen) atoms. The Morgan fingerprint density at radius 1 is 0.950 bits per heavy atom. The maximum atomic E-state index is 14.5. The molecule has 2 bridgehead atoms. The zero-order chi connectivity index (χ0) is 44.5. The van der Waals surface area contributed by atoms with Crippen LogP contribution in [0.3, 0.4) is 0 Å². The Balaban J connectivity index is 1.84. The van der Waals surface area contributed by atoms with Gasteiger partial charge in [0.2, 0.25) is 11.5 Å². The number of nitrogens with zero attached hydrogens (tertiary/aromatic N) is 2. The normalized spacial score (nSPS) is 39.5. The van der Waals surface area contributed by atoms with Crippen LogP contribution in [0.2, 0.25) is 0 Å². The fraction of sp³-hybridized carbons (Fsp3) is 0.783. The summed E-state index contributed by atoms with van der Waals surface area (Å²) in [5.74, 6) is -6.93. The molecule has 3 fully saturated rings. The molecule has 1 saturated carbocycles. The number of amides is 1. The molecule has 1 amide bonds. The Kier molecular flexibility index (Phi) is 18.5. The molecule has 14 nitrogen and oxygen atoms in total. The van der Waals surface area contributed by atoms with Crippen LogP contribution in [0, 0.1) is 29.6 Å². The number of Topliss-reactive ketones (excluding diaryl/α,β-unsaturated/α-hetero) is 1. The average molecular weight is 848 g/mol. The van der Waals surface area contributed by atoms with E-state index in [9.17, 15) is 29.7 Å². The first-order valence-corrected chi connectivity index (χ1v) is 21.9. The van der Waals surface area contributed by atoms with Crippen molar-refractivity contribution in [1.29, 1.82) is 0 Å². The van der Waals surface area contributed by atoms with Crippen LogP contribution in [0.25, 0.3) is 0 Å². The van der Waals surface area contributed by atoms with Crippen LogP contribution >= 0.6 is 0 Å². The van der Waals surface area contributed by atoms with Crippen molar-refractivity contribution in [3.63, 3.8) is 0 Å². The number of rotatable bonds is 8. The first-order chi connectivity index (χ1) is 28.4. The predicted molar refractivity (Wildman–Crippen MR) is 226 cm³/mol. The van der Waals surface area contributed by atoms with Crippen molar-refractivity contribution in [2.45, 2.75) is 160 Å². The highest BCUT2D eigenvalue weighted by atomic mass is 16.7. The molecule has 0 aromatic rings.